The molecule has 1 aromatic heterocycles. The molecule has 7 heteroatoms. The van der Waals surface area contributed by atoms with E-state index in [-0.39, 0.29) is 10.8 Å². The Hall–Kier alpha value is -1.59. The van der Waals surface area contributed by atoms with Crippen LogP contribution in [0, 0.1) is 0 Å². The normalized spacial score (nSPS) is 11.1. The van der Waals surface area contributed by atoms with Crippen LogP contribution >= 0.6 is 23.2 Å². The highest BCUT2D eigenvalue weighted by molar-refractivity contribution is 6.36. The summed E-state index contributed by atoms with van der Waals surface area (Å²) in [4.78, 5) is 3.97. The van der Waals surface area contributed by atoms with Gasteiger partial charge in [0.2, 0.25) is 0 Å². The standard InChI is InChI=1S/C9H6Cl2N4O/c10-6-1-5(9(16)7(11)2-6)3-12-8-4-13-15-14-8/h1-4,16H,(H,13,14,15). The fourth-order valence-electron chi connectivity index (χ4n) is 1.08. The van der Waals surface area contributed by atoms with Crippen molar-refractivity contribution in [2.45, 2.75) is 0 Å². The number of phenolic OH excluding ortho intramolecular Hbond substituents is 1. The molecule has 1 aromatic carbocycles. The van der Waals surface area contributed by atoms with E-state index in [1.807, 2.05) is 0 Å². The molecule has 16 heavy (non-hydrogen) atoms. The average Bonchev–Trinajstić information content (AvgIpc) is 2.74. The number of aromatic amines is 1. The Morgan fingerprint density at radius 1 is 1.38 bits per heavy atom. The summed E-state index contributed by atoms with van der Waals surface area (Å²) in [5, 5.41) is 19.9. The van der Waals surface area contributed by atoms with Crippen LogP contribution in [0.25, 0.3) is 0 Å². The summed E-state index contributed by atoms with van der Waals surface area (Å²) in [7, 11) is 0. The molecule has 0 atom stereocenters. The number of rotatable bonds is 2. The van der Waals surface area contributed by atoms with Crippen molar-refractivity contribution in [1.82, 2.24) is 15.4 Å². The van der Waals surface area contributed by atoms with Crippen molar-refractivity contribution < 1.29 is 5.11 Å². The van der Waals surface area contributed by atoms with Gasteiger partial charge in [-0.2, -0.15) is 10.3 Å². The van der Waals surface area contributed by atoms with Crippen molar-refractivity contribution in [3.8, 4) is 5.75 Å². The van der Waals surface area contributed by atoms with Crippen LogP contribution in [-0.4, -0.2) is 26.7 Å². The lowest BCUT2D eigenvalue weighted by atomic mass is 10.2. The van der Waals surface area contributed by atoms with Crippen molar-refractivity contribution in [1.29, 1.82) is 0 Å². The van der Waals surface area contributed by atoms with E-state index < -0.39 is 0 Å². The maximum absolute atomic E-state index is 9.62. The van der Waals surface area contributed by atoms with Gasteiger partial charge in [-0.3, -0.25) is 0 Å². The van der Waals surface area contributed by atoms with Crippen molar-refractivity contribution in [2.24, 2.45) is 4.99 Å². The van der Waals surface area contributed by atoms with E-state index in [1.54, 1.807) is 6.07 Å². The number of aromatic hydroxyl groups is 1. The number of hydrogen-bond donors (Lipinski definition) is 2. The summed E-state index contributed by atoms with van der Waals surface area (Å²) in [5.41, 5.74) is 0.417. The quantitative estimate of drug-likeness (QED) is 0.812. The molecule has 0 bridgehead atoms. The first kappa shape index (κ1) is 10.9. The molecule has 5 nitrogen and oxygen atoms in total. The Morgan fingerprint density at radius 3 is 2.88 bits per heavy atom. The molecule has 0 unspecified atom stereocenters. The summed E-state index contributed by atoms with van der Waals surface area (Å²) >= 11 is 11.5. The van der Waals surface area contributed by atoms with Gasteiger partial charge >= 0.3 is 0 Å². The van der Waals surface area contributed by atoms with Crippen molar-refractivity contribution in [2.75, 3.05) is 0 Å². The molecule has 0 amide bonds. The number of benzene rings is 1. The number of H-pyrrole nitrogens is 1. The molecule has 0 fully saturated rings. The Kier molecular flexibility index (Phi) is 3.07. The minimum Gasteiger partial charge on any atom is -0.506 e. The summed E-state index contributed by atoms with van der Waals surface area (Å²) in [5.74, 6) is 0.328. The van der Waals surface area contributed by atoms with Gasteiger partial charge < -0.3 is 5.11 Å². The predicted molar refractivity (Wildman–Crippen MR) is 61.8 cm³/mol. The molecular formula is C9H6Cl2N4O. The number of aromatic nitrogens is 3. The maximum Gasteiger partial charge on any atom is 0.194 e. The molecule has 0 aliphatic rings. The minimum absolute atomic E-state index is 0.0710. The smallest absolute Gasteiger partial charge is 0.194 e. The number of halogens is 2. The first-order valence-corrected chi connectivity index (χ1v) is 5.00. The van der Waals surface area contributed by atoms with Gasteiger partial charge in [0.15, 0.2) is 5.82 Å². The molecule has 0 radical (unpaired) electrons. The molecule has 0 aliphatic carbocycles. The molecule has 2 N–H and O–H groups in total. The van der Waals surface area contributed by atoms with Gasteiger partial charge in [-0.05, 0) is 12.1 Å². The highest BCUT2D eigenvalue weighted by Gasteiger charge is 2.05. The Labute approximate surface area is 101 Å². The summed E-state index contributed by atoms with van der Waals surface area (Å²) < 4.78 is 0. The number of aliphatic imine (C=N–C) groups is 1. The van der Waals surface area contributed by atoms with Crippen LogP contribution in [0.1, 0.15) is 5.56 Å². The molecule has 0 spiro atoms. The largest absolute Gasteiger partial charge is 0.506 e. The number of hydrogen-bond acceptors (Lipinski definition) is 4. The molecule has 0 saturated carbocycles. The van der Waals surface area contributed by atoms with Gasteiger partial charge in [0.1, 0.15) is 5.75 Å². The van der Waals surface area contributed by atoms with Gasteiger partial charge in [-0.25, -0.2) is 4.99 Å². The average molecular weight is 257 g/mol. The zero-order valence-electron chi connectivity index (χ0n) is 7.85. The third-order valence-electron chi connectivity index (χ3n) is 1.80. The molecule has 0 saturated heterocycles. The van der Waals surface area contributed by atoms with Gasteiger partial charge in [0, 0.05) is 16.8 Å². The lowest BCUT2D eigenvalue weighted by Crippen LogP contribution is -1.83. The third-order valence-corrected chi connectivity index (χ3v) is 2.30. The van der Waals surface area contributed by atoms with Gasteiger partial charge in [-0.1, -0.05) is 23.2 Å². The van der Waals surface area contributed by atoms with Crippen molar-refractivity contribution >= 4 is 35.2 Å². The van der Waals surface area contributed by atoms with Crippen LogP contribution in [0.2, 0.25) is 10.0 Å². The maximum atomic E-state index is 9.62. The SMILES string of the molecule is Oc1c(Cl)cc(Cl)cc1C=Nc1cn[nH]n1. The van der Waals surface area contributed by atoms with Crippen molar-refractivity contribution in [3.63, 3.8) is 0 Å². The lowest BCUT2D eigenvalue weighted by molar-refractivity contribution is 0.475. The molecule has 1 heterocycles. The summed E-state index contributed by atoms with van der Waals surface area (Å²) in [6.07, 6.45) is 2.85. The van der Waals surface area contributed by atoms with Crippen LogP contribution < -0.4 is 0 Å². The number of nitrogens with one attached hydrogen (secondary N) is 1. The van der Waals surface area contributed by atoms with E-state index >= 15 is 0 Å². The predicted octanol–water partition coefficient (Wildman–Crippen LogP) is 2.57. The third kappa shape index (κ3) is 2.32. The molecular weight excluding hydrogens is 251 g/mol. The molecule has 82 valence electrons. The Bertz CT molecular complexity index is 525. The van der Waals surface area contributed by atoms with E-state index in [0.717, 1.165) is 0 Å². The second kappa shape index (κ2) is 4.51. The molecule has 2 aromatic rings. The summed E-state index contributed by atoms with van der Waals surface area (Å²) in [6.45, 7) is 0. The first-order chi connectivity index (χ1) is 7.66. The van der Waals surface area contributed by atoms with Gasteiger partial charge in [0.05, 0.1) is 11.2 Å². The highest BCUT2D eigenvalue weighted by Crippen LogP contribution is 2.30. The van der Waals surface area contributed by atoms with E-state index in [0.29, 0.717) is 16.4 Å². The van der Waals surface area contributed by atoms with Crippen LogP contribution in [-0.2, 0) is 0 Å². The minimum atomic E-state index is -0.0710. The van der Waals surface area contributed by atoms with Gasteiger partial charge in [0.25, 0.3) is 0 Å². The number of nitrogens with zero attached hydrogens (tertiary/aromatic N) is 3. The Morgan fingerprint density at radius 2 is 2.19 bits per heavy atom. The van der Waals surface area contributed by atoms with Gasteiger partial charge in [-0.15, -0.1) is 5.10 Å². The van der Waals surface area contributed by atoms with E-state index in [9.17, 15) is 5.11 Å². The summed E-state index contributed by atoms with van der Waals surface area (Å²) in [6, 6.07) is 3.00. The Balaban J connectivity index is 2.34. The van der Waals surface area contributed by atoms with E-state index in [1.165, 1.54) is 18.5 Å². The topological polar surface area (TPSA) is 74.2 Å². The van der Waals surface area contributed by atoms with E-state index in [2.05, 4.69) is 20.4 Å². The zero-order chi connectivity index (χ0) is 11.5. The van der Waals surface area contributed by atoms with Crippen LogP contribution in [0.4, 0.5) is 5.82 Å². The van der Waals surface area contributed by atoms with Crippen LogP contribution in [0.3, 0.4) is 0 Å². The molecule has 0 aliphatic heterocycles. The number of phenols is 1. The second-order valence-corrected chi connectivity index (χ2v) is 3.76. The van der Waals surface area contributed by atoms with Crippen LogP contribution in [0.15, 0.2) is 23.3 Å². The van der Waals surface area contributed by atoms with E-state index in [4.69, 9.17) is 23.2 Å². The molecule has 2 rings (SSSR count). The monoisotopic (exact) mass is 256 g/mol. The fraction of sp³-hybridized carbons (Fsp3) is 0. The zero-order valence-corrected chi connectivity index (χ0v) is 9.37. The fourth-order valence-corrected chi connectivity index (χ4v) is 1.59. The van der Waals surface area contributed by atoms with Crippen LogP contribution in [0.5, 0.6) is 5.75 Å². The first-order valence-electron chi connectivity index (χ1n) is 4.24. The van der Waals surface area contributed by atoms with Crippen molar-refractivity contribution in [3.05, 3.63) is 33.9 Å². The highest BCUT2D eigenvalue weighted by atomic mass is 35.5. The lowest BCUT2D eigenvalue weighted by Gasteiger charge is -2.01. The second-order valence-electron chi connectivity index (χ2n) is 2.91.